The second-order valence-corrected chi connectivity index (χ2v) is 5.06. The van der Waals surface area contributed by atoms with E-state index in [9.17, 15) is 9.59 Å². The predicted molar refractivity (Wildman–Crippen MR) is 73.2 cm³/mol. The number of amides is 2. The van der Waals surface area contributed by atoms with Gasteiger partial charge >= 0.3 is 12.0 Å². The highest BCUT2D eigenvalue weighted by Gasteiger charge is 2.17. The Morgan fingerprint density at radius 3 is 2.68 bits per heavy atom. The van der Waals surface area contributed by atoms with Crippen LogP contribution in [-0.4, -0.2) is 54.2 Å². The highest BCUT2D eigenvalue weighted by molar-refractivity contribution is 5.74. The first-order valence-electron chi connectivity index (χ1n) is 7.07. The molecule has 6 heteroatoms. The van der Waals surface area contributed by atoms with E-state index in [0.717, 1.165) is 19.5 Å². The summed E-state index contributed by atoms with van der Waals surface area (Å²) in [6.45, 7) is 5.22. The molecule has 0 aromatic rings. The number of carbonyl (C=O) groups excluding carboxylic acids is 1. The summed E-state index contributed by atoms with van der Waals surface area (Å²) >= 11 is 0. The zero-order valence-corrected chi connectivity index (χ0v) is 11.7. The van der Waals surface area contributed by atoms with Crippen LogP contribution in [0, 0.1) is 0 Å². The molecule has 0 spiro atoms. The number of nitrogens with one attached hydrogen (secondary N) is 2. The third-order valence-corrected chi connectivity index (χ3v) is 3.47. The van der Waals surface area contributed by atoms with Crippen LogP contribution in [0.15, 0.2) is 0 Å². The molecule has 6 nitrogen and oxygen atoms in total. The largest absolute Gasteiger partial charge is 0.481 e. The van der Waals surface area contributed by atoms with Gasteiger partial charge in [0, 0.05) is 25.7 Å². The molecule has 0 radical (unpaired) electrons. The molecular formula is C13H25N3O3. The normalized spacial score (nSPS) is 19.9. The van der Waals surface area contributed by atoms with Crippen LogP contribution in [0.2, 0.25) is 0 Å². The molecule has 1 fully saturated rings. The van der Waals surface area contributed by atoms with Crippen LogP contribution in [0.1, 0.15) is 39.0 Å². The minimum atomic E-state index is -0.903. The molecule has 0 bridgehead atoms. The summed E-state index contributed by atoms with van der Waals surface area (Å²) in [4.78, 5) is 24.0. The number of rotatable bonds is 7. The molecule has 1 aliphatic heterocycles. The Balaban J connectivity index is 2.00. The lowest BCUT2D eigenvalue weighted by Gasteiger charge is -2.33. The molecule has 110 valence electrons. The summed E-state index contributed by atoms with van der Waals surface area (Å²) in [6, 6.07) is 0.367. The van der Waals surface area contributed by atoms with Crippen LogP contribution < -0.4 is 10.6 Å². The van der Waals surface area contributed by atoms with Gasteiger partial charge in [0.1, 0.15) is 0 Å². The summed E-state index contributed by atoms with van der Waals surface area (Å²) in [5.74, 6) is -0.903. The maximum Gasteiger partial charge on any atom is 0.314 e. The molecule has 0 aromatic heterocycles. The number of urea groups is 1. The monoisotopic (exact) mass is 271 g/mol. The van der Waals surface area contributed by atoms with Gasteiger partial charge in [-0.1, -0.05) is 6.42 Å². The van der Waals surface area contributed by atoms with E-state index in [1.807, 2.05) is 0 Å². The Morgan fingerprint density at radius 1 is 1.26 bits per heavy atom. The summed E-state index contributed by atoms with van der Waals surface area (Å²) in [5, 5.41) is 13.7. The van der Waals surface area contributed by atoms with Gasteiger partial charge in [0.2, 0.25) is 0 Å². The number of carboxylic acids is 1. The van der Waals surface area contributed by atoms with Gasteiger partial charge in [-0.2, -0.15) is 0 Å². The maximum absolute atomic E-state index is 11.3. The average molecular weight is 271 g/mol. The van der Waals surface area contributed by atoms with E-state index in [1.165, 1.54) is 19.3 Å². The lowest BCUT2D eigenvalue weighted by molar-refractivity contribution is -0.136. The minimum absolute atomic E-state index is 0.0429. The topological polar surface area (TPSA) is 81.7 Å². The molecule has 1 unspecified atom stereocenters. The number of hydrogen-bond donors (Lipinski definition) is 3. The van der Waals surface area contributed by atoms with Gasteiger partial charge in [-0.3, -0.25) is 4.79 Å². The van der Waals surface area contributed by atoms with E-state index < -0.39 is 5.97 Å². The lowest BCUT2D eigenvalue weighted by Crippen LogP contribution is -2.41. The van der Waals surface area contributed by atoms with Crippen molar-refractivity contribution in [1.29, 1.82) is 0 Å². The zero-order valence-electron chi connectivity index (χ0n) is 11.7. The third-order valence-electron chi connectivity index (χ3n) is 3.47. The zero-order chi connectivity index (χ0) is 14.1. The highest BCUT2D eigenvalue weighted by Crippen LogP contribution is 2.15. The molecule has 1 aliphatic rings. The molecular weight excluding hydrogens is 246 g/mol. The van der Waals surface area contributed by atoms with Crippen molar-refractivity contribution in [2.75, 3.05) is 26.2 Å². The SMILES string of the molecule is CC1CCCCN1CCCNC(=O)NCCC(=O)O. The van der Waals surface area contributed by atoms with Crippen molar-refractivity contribution in [3.8, 4) is 0 Å². The fraction of sp³-hybridized carbons (Fsp3) is 0.846. The fourth-order valence-electron chi connectivity index (χ4n) is 2.32. The smallest absolute Gasteiger partial charge is 0.314 e. The van der Waals surface area contributed by atoms with Crippen molar-refractivity contribution in [2.24, 2.45) is 0 Å². The molecule has 0 aliphatic carbocycles. The molecule has 19 heavy (non-hydrogen) atoms. The van der Waals surface area contributed by atoms with Gasteiger partial charge in [-0.25, -0.2) is 4.79 Å². The molecule has 0 aromatic carbocycles. The van der Waals surface area contributed by atoms with Crippen molar-refractivity contribution >= 4 is 12.0 Å². The maximum atomic E-state index is 11.3. The molecule has 2 amide bonds. The van der Waals surface area contributed by atoms with Gasteiger partial charge in [0.25, 0.3) is 0 Å². The Kier molecular flexibility index (Phi) is 7.25. The Morgan fingerprint density at radius 2 is 2.00 bits per heavy atom. The van der Waals surface area contributed by atoms with Crippen LogP contribution >= 0.6 is 0 Å². The fourth-order valence-corrected chi connectivity index (χ4v) is 2.32. The first kappa shape index (κ1) is 15.8. The van der Waals surface area contributed by atoms with Crippen molar-refractivity contribution in [2.45, 2.75) is 45.1 Å². The van der Waals surface area contributed by atoms with Crippen molar-refractivity contribution in [3.63, 3.8) is 0 Å². The summed E-state index contributed by atoms with van der Waals surface area (Å²) < 4.78 is 0. The van der Waals surface area contributed by atoms with Gasteiger partial charge in [0.05, 0.1) is 6.42 Å². The number of likely N-dealkylation sites (tertiary alicyclic amines) is 1. The quantitative estimate of drug-likeness (QED) is 0.604. The standard InChI is InChI=1S/C13H25N3O3/c1-11-5-2-3-9-16(11)10-4-7-14-13(19)15-8-6-12(17)18/h11H,2-10H2,1H3,(H,17,18)(H2,14,15,19). The molecule has 1 heterocycles. The molecule has 1 saturated heterocycles. The second-order valence-electron chi connectivity index (χ2n) is 5.06. The lowest BCUT2D eigenvalue weighted by atomic mass is 10.0. The summed E-state index contributed by atoms with van der Waals surface area (Å²) in [5.41, 5.74) is 0. The van der Waals surface area contributed by atoms with E-state index in [-0.39, 0.29) is 19.0 Å². The minimum Gasteiger partial charge on any atom is -0.481 e. The molecule has 0 saturated carbocycles. The number of carboxylic acid groups (broad SMARTS) is 1. The predicted octanol–water partition coefficient (Wildman–Crippen LogP) is 1.02. The highest BCUT2D eigenvalue weighted by atomic mass is 16.4. The van der Waals surface area contributed by atoms with Crippen molar-refractivity contribution in [3.05, 3.63) is 0 Å². The molecule has 1 rings (SSSR count). The van der Waals surface area contributed by atoms with Crippen LogP contribution in [0.4, 0.5) is 4.79 Å². The molecule has 1 atom stereocenters. The second kappa shape index (κ2) is 8.74. The average Bonchev–Trinajstić information content (AvgIpc) is 2.36. The summed E-state index contributed by atoms with van der Waals surface area (Å²) in [7, 11) is 0. The van der Waals surface area contributed by atoms with Crippen LogP contribution in [0.25, 0.3) is 0 Å². The summed E-state index contributed by atoms with van der Waals surface area (Å²) in [6.07, 6.45) is 4.74. The van der Waals surface area contributed by atoms with Crippen LogP contribution in [-0.2, 0) is 4.79 Å². The van der Waals surface area contributed by atoms with Crippen molar-refractivity contribution in [1.82, 2.24) is 15.5 Å². The van der Waals surface area contributed by atoms with E-state index in [1.54, 1.807) is 0 Å². The number of aliphatic carboxylic acids is 1. The van der Waals surface area contributed by atoms with Gasteiger partial charge in [0.15, 0.2) is 0 Å². The van der Waals surface area contributed by atoms with E-state index >= 15 is 0 Å². The van der Waals surface area contributed by atoms with Gasteiger partial charge in [-0.05, 0) is 32.7 Å². The number of nitrogens with zero attached hydrogens (tertiary/aromatic N) is 1. The Hall–Kier alpha value is -1.30. The van der Waals surface area contributed by atoms with Crippen LogP contribution in [0.3, 0.4) is 0 Å². The van der Waals surface area contributed by atoms with E-state index in [4.69, 9.17) is 5.11 Å². The first-order valence-corrected chi connectivity index (χ1v) is 7.07. The third kappa shape index (κ3) is 7.00. The van der Waals surface area contributed by atoms with Crippen molar-refractivity contribution < 1.29 is 14.7 Å². The number of piperidine rings is 1. The number of hydrogen-bond acceptors (Lipinski definition) is 3. The number of carbonyl (C=O) groups is 2. The first-order chi connectivity index (χ1) is 9.09. The molecule has 3 N–H and O–H groups in total. The van der Waals surface area contributed by atoms with Gasteiger partial charge < -0.3 is 20.6 Å². The van der Waals surface area contributed by atoms with Crippen LogP contribution in [0.5, 0.6) is 0 Å². The van der Waals surface area contributed by atoms with Gasteiger partial charge in [-0.15, -0.1) is 0 Å². The Bertz CT molecular complexity index is 297. The van der Waals surface area contributed by atoms with E-state index in [2.05, 4.69) is 22.5 Å². The van der Waals surface area contributed by atoms with E-state index in [0.29, 0.717) is 12.6 Å². The Labute approximate surface area is 114 Å².